The Hall–Kier alpha value is -2.67. The minimum Gasteiger partial charge on any atom is -0.454 e. The molecule has 0 bridgehead atoms. The second-order valence-electron chi connectivity index (χ2n) is 5.74. The van der Waals surface area contributed by atoms with E-state index in [0.29, 0.717) is 22.5 Å². The highest BCUT2D eigenvalue weighted by atomic mass is 79.9. The van der Waals surface area contributed by atoms with Crippen molar-refractivity contribution in [3.63, 3.8) is 0 Å². The number of halogens is 1. The Morgan fingerprint density at radius 1 is 1.20 bits per heavy atom. The summed E-state index contributed by atoms with van der Waals surface area (Å²) in [5, 5.41) is 4.86. The predicted molar refractivity (Wildman–Crippen MR) is 98.7 cm³/mol. The normalized spacial score (nSPS) is 13.1. The SMILES string of the molecule is Cc1cc2c(cc1C=Nn1c(C)nc3ccc(Br)cc3c1=O)OCO2. The summed E-state index contributed by atoms with van der Waals surface area (Å²) < 4.78 is 12.9. The van der Waals surface area contributed by atoms with Gasteiger partial charge in [0, 0.05) is 10.0 Å². The topological polar surface area (TPSA) is 65.7 Å². The Kier molecular flexibility index (Phi) is 3.80. The molecule has 2 aromatic carbocycles. The van der Waals surface area contributed by atoms with Crippen molar-refractivity contribution in [3.8, 4) is 11.5 Å². The summed E-state index contributed by atoms with van der Waals surface area (Å²) in [6.07, 6.45) is 1.64. The first-order valence-corrected chi connectivity index (χ1v) is 8.46. The molecule has 0 saturated heterocycles. The quantitative estimate of drug-likeness (QED) is 0.619. The van der Waals surface area contributed by atoms with Crippen molar-refractivity contribution in [2.24, 2.45) is 5.10 Å². The van der Waals surface area contributed by atoms with E-state index in [1.165, 1.54) is 4.68 Å². The molecule has 1 aliphatic rings. The third kappa shape index (κ3) is 2.80. The minimum atomic E-state index is -0.210. The van der Waals surface area contributed by atoms with Crippen LogP contribution in [0.3, 0.4) is 0 Å². The van der Waals surface area contributed by atoms with Gasteiger partial charge in [-0.25, -0.2) is 4.98 Å². The van der Waals surface area contributed by atoms with Gasteiger partial charge in [0.15, 0.2) is 11.5 Å². The number of nitrogens with zero attached hydrogens (tertiary/aromatic N) is 3. The molecule has 25 heavy (non-hydrogen) atoms. The molecule has 1 aromatic heterocycles. The molecule has 0 saturated carbocycles. The maximum Gasteiger partial charge on any atom is 0.282 e. The fourth-order valence-corrected chi connectivity index (χ4v) is 3.08. The highest BCUT2D eigenvalue weighted by molar-refractivity contribution is 9.10. The molecule has 0 radical (unpaired) electrons. The van der Waals surface area contributed by atoms with Crippen LogP contribution in [0.5, 0.6) is 11.5 Å². The molecule has 7 heteroatoms. The maximum atomic E-state index is 12.7. The van der Waals surface area contributed by atoms with Gasteiger partial charge in [-0.15, -0.1) is 0 Å². The average Bonchev–Trinajstić information content (AvgIpc) is 3.02. The van der Waals surface area contributed by atoms with Gasteiger partial charge in [-0.3, -0.25) is 4.79 Å². The molecule has 126 valence electrons. The average molecular weight is 400 g/mol. The van der Waals surface area contributed by atoms with Crippen LogP contribution in [0.25, 0.3) is 10.9 Å². The molecule has 0 aliphatic carbocycles. The second kappa shape index (κ2) is 6.00. The molecule has 6 nitrogen and oxygen atoms in total. The summed E-state index contributed by atoms with van der Waals surface area (Å²) in [7, 11) is 0. The molecule has 0 spiro atoms. The second-order valence-corrected chi connectivity index (χ2v) is 6.66. The number of ether oxygens (including phenoxy) is 2. The first-order valence-electron chi connectivity index (χ1n) is 7.66. The van der Waals surface area contributed by atoms with E-state index in [2.05, 4.69) is 26.0 Å². The van der Waals surface area contributed by atoms with Gasteiger partial charge in [0.25, 0.3) is 5.56 Å². The van der Waals surface area contributed by atoms with Gasteiger partial charge in [0.2, 0.25) is 6.79 Å². The van der Waals surface area contributed by atoms with E-state index in [-0.39, 0.29) is 12.4 Å². The minimum absolute atomic E-state index is 0.210. The van der Waals surface area contributed by atoms with Gasteiger partial charge in [0.05, 0.1) is 17.1 Å². The van der Waals surface area contributed by atoms with Crippen LogP contribution in [0.4, 0.5) is 0 Å². The van der Waals surface area contributed by atoms with Gasteiger partial charge < -0.3 is 9.47 Å². The number of rotatable bonds is 2. The molecular weight excluding hydrogens is 386 g/mol. The zero-order valence-electron chi connectivity index (χ0n) is 13.6. The monoisotopic (exact) mass is 399 g/mol. The summed E-state index contributed by atoms with van der Waals surface area (Å²) in [5.74, 6) is 1.92. The molecule has 4 rings (SSSR count). The van der Waals surface area contributed by atoms with Crippen molar-refractivity contribution in [3.05, 3.63) is 62.1 Å². The van der Waals surface area contributed by atoms with Crippen LogP contribution in [0, 0.1) is 13.8 Å². The summed E-state index contributed by atoms with van der Waals surface area (Å²) >= 11 is 3.38. The molecular formula is C18H14BrN3O3. The smallest absolute Gasteiger partial charge is 0.282 e. The molecule has 0 N–H and O–H groups in total. The highest BCUT2D eigenvalue weighted by Gasteiger charge is 2.15. The standard InChI is InChI=1S/C18H14BrN3O3/c1-10-5-16-17(25-9-24-16)6-12(10)8-20-22-11(2)21-15-4-3-13(19)7-14(15)18(22)23/h3-8H,9H2,1-2H3. The fraction of sp³-hybridized carbons (Fsp3) is 0.167. The van der Waals surface area contributed by atoms with Crippen LogP contribution in [-0.2, 0) is 0 Å². The Morgan fingerprint density at radius 3 is 2.76 bits per heavy atom. The van der Waals surface area contributed by atoms with Gasteiger partial charge in [0.1, 0.15) is 5.82 Å². The summed E-state index contributed by atoms with van der Waals surface area (Å²) in [4.78, 5) is 17.2. The highest BCUT2D eigenvalue weighted by Crippen LogP contribution is 2.34. The Labute approximate surface area is 151 Å². The van der Waals surface area contributed by atoms with Crippen molar-refractivity contribution in [1.29, 1.82) is 0 Å². The molecule has 0 atom stereocenters. The van der Waals surface area contributed by atoms with E-state index >= 15 is 0 Å². The summed E-state index contributed by atoms with van der Waals surface area (Å²) in [5.41, 5.74) is 2.27. The summed E-state index contributed by atoms with van der Waals surface area (Å²) in [6.45, 7) is 3.93. The lowest BCUT2D eigenvalue weighted by atomic mass is 10.1. The van der Waals surface area contributed by atoms with Crippen LogP contribution in [0.1, 0.15) is 17.0 Å². The fourth-order valence-electron chi connectivity index (χ4n) is 2.71. The molecule has 1 aliphatic heterocycles. The number of benzene rings is 2. The first kappa shape index (κ1) is 15.8. The van der Waals surface area contributed by atoms with E-state index in [4.69, 9.17) is 9.47 Å². The van der Waals surface area contributed by atoms with Crippen molar-refractivity contribution in [2.45, 2.75) is 13.8 Å². The third-order valence-electron chi connectivity index (χ3n) is 4.04. The van der Waals surface area contributed by atoms with Gasteiger partial charge in [-0.1, -0.05) is 15.9 Å². The van der Waals surface area contributed by atoms with E-state index in [1.54, 1.807) is 19.2 Å². The van der Waals surface area contributed by atoms with Crippen molar-refractivity contribution >= 4 is 33.0 Å². The lowest BCUT2D eigenvalue weighted by molar-refractivity contribution is 0.174. The van der Waals surface area contributed by atoms with Gasteiger partial charge in [-0.05, 0) is 49.7 Å². The van der Waals surface area contributed by atoms with Crippen LogP contribution in [0.15, 0.2) is 44.7 Å². The molecule has 2 heterocycles. The number of hydrogen-bond donors (Lipinski definition) is 0. The largest absolute Gasteiger partial charge is 0.454 e. The molecule has 0 fully saturated rings. The molecule has 3 aromatic rings. The molecule has 0 unspecified atom stereocenters. The van der Waals surface area contributed by atoms with E-state index in [9.17, 15) is 4.79 Å². The maximum absolute atomic E-state index is 12.7. The zero-order chi connectivity index (χ0) is 17.6. The predicted octanol–water partition coefficient (Wildman–Crippen LogP) is 3.39. The Morgan fingerprint density at radius 2 is 1.96 bits per heavy atom. The van der Waals surface area contributed by atoms with Crippen LogP contribution in [-0.4, -0.2) is 22.7 Å². The van der Waals surface area contributed by atoms with E-state index in [1.807, 2.05) is 31.2 Å². The number of aromatic nitrogens is 2. The van der Waals surface area contributed by atoms with Crippen LogP contribution < -0.4 is 15.0 Å². The third-order valence-corrected chi connectivity index (χ3v) is 4.54. The van der Waals surface area contributed by atoms with Crippen LogP contribution >= 0.6 is 15.9 Å². The lowest BCUT2D eigenvalue weighted by Gasteiger charge is -2.07. The number of hydrogen-bond acceptors (Lipinski definition) is 5. The number of aryl methyl sites for hydroxylation is 2. The summed E-state index contributed by atoms with van der Waals surface area (Å²) in [6, 6.07) is 9.17. The van der Waals surface area contributed by atoms with Gasteiger partial charge in [-0.2, -0.15) is 9.78 Å². The van der Waals surface area contributed by atoms with Crippen LogP contribution in [0.2, 0.25) is 0 Å². The van der Waals surface area contributed by atoms with E-state index in [0.717, 1.165) is 21.3 Å². The first-order chi connectivity index (χ1) is 12.0. The van der Waals surface area contributed by atoms with Crippen molar-refractivity contribution in [1.82, 2.24) is 9.66 Å². The number of fused-ring (bicyclic) bond motifs is 2. The van der Waals surface area contributed by atoms with E-state index < -0.39 is 0 Å². The zero-order valence-corrected chi connectivity index (χ0v) is 15.2. The van der Waals surface area contributed by atoms with Crippen molar-refractivity contribution in [2.75, 3.05) is 6.79 Å². The van der Waals surface area contributed by atoms with Crippen molar-refractivity contribution < 1.29 is 9.47 Å². The molecule has 0 amide bonds. The lowest BCUT2D eigenvalue weighted by Crippen LogP contribution is -2.20. The Balaban J connectivity index is 1.81. The Bertz CT molecular complexity index is 1090. The van der Waals surface area contributed by atoms with Gasteiger partial charge >= 0.3 is 0 Å².